The van der Waals surface area contributed by atoms with E-state index in [4.69, 9.17) is 4.74 Å². The fraction of sp³-hybridized carbons (Fsp3) is 1.00. The van der Waals surface area contributed by atoms with Crippen molar-refractivity contribution in [3.8, 4) is 0 Å². The average molecular weight is 227 g/mol. The molecule has 0 saturated heterocycles. The van der Waals surface area contributed by atoms with Gasteiger partial charge in [0.1, 0.15) is 0 Å². The van der Waals surface area contributed by atoms with Crippen LogP contribution >= 0.6 is 0 Å². The van der Waals surface area contributed by atoms with Crippen LogP contribution in [0, 0.1) is 11.8 Å². The summed E-state index contributed by atoms with van der Waals surface area (Å²) in [6.45, 7) is 11.1. The normalized spacial score (nSPS) is 35.2. The van der Waals surface area contributed by atoms with Gasteiger partial charge < -0.3 is 10.1 Å². The highest BCUT2D eigenvalue weighted by atomic mass is 16.5. The first kappa shape index (κ1) is 14.0. The molecule has 0 aromatic heterocycles. The molecule has 1 N–H and O–H groups in total. The fourth-order valence-electron chi connectivity index (χ4n) is 2.94. The highest BCUT2D eigenvalue weighted by molar-refractivity contribution is 4.88. The lowest BCUT2D eigenvalue weighted by Crippen LogP contribution is -2.49. The molecule has 1 saturated carbocycles. The summed E-state index contributed by atoms with van der Waals surface area (Å²) in [5, 5.41) is 3.60. The van der Waals surface area contributed by atoms with Crippen molar-refractivity contribution in [2.45, 2.75) is 65.5 Å². The van der Waals surface area contributed by atoms with Gasteiger partial charge in [-0.05, 0) is 37.6 Å². The molecule has 2 heteroatoms. The van der Waals surface area contributed by atoms with Crippen molar-refractivity contribution in [1.82, 2.24) is 5.32 Å². The Morgan fingerprint density at radius 2 is 1.94 bits per heavy atom. The zero-order valence-electron chi connectivity index (χ0n) is 11.5. The number of likely N-dealkylation sites (N-methyl/N-ethyl adjacent to an activating group) is 1. The predicted octanol–water partition coefficient (Wildman–Crippen LogP) is 3.22. The first-order valence-corrected chi connectivity index (χ1v) is 7.04. The van der Waals surface area contributed by atoms with Gasteiger partial charge in [0, 0.05) is 12.6 Å². The van der Waals surface area contributed by atoms with Crippen molar-refractivity contribution in [2.75, 3.05) is 13.2 Å². The number of rotatable bonds is 6. The molecule has 0 aromatic carbocycles. The third-order valence-corrected chi connectivity index (χ3v) is 3.66. The Hall–Kier alpha value is -0.0800. The van der Waals surface area contributed by atoms with Gasteiger partial charge in [-0.3, -0.25) is 0 Å². The fourth-order valence-corrected chi connectivity index (χ4v) is 2.94. The van der Waals surface area contributed by atoms with Crippen molar-refractivity contribution in [1.29, 1.82) is 0 Å². The van der Waals surface area contributed by atoms with E-state index in [-0.39, 0.29) is 0 Å². The number of hydrogen-bond acceptors (Lipinski definition) is 2. The molecule has 0 bridgehead atoms. The Bertz CT molecular complexity index is 184. The van der Waals surface area contributed by atoms with Crippen LogP contribution in [0.3, 0.4) is 0 Å². The molecule has 0 heterocycles. The molecule has 4 atom stereocenters. The molecule has 1 fully saturated rings. The SMILES string of the molecule is CCCCOC1C(C)CC(C)CC1NCC. The molecule has 0 spiro atoms. The quantitative estimate of drug-likeness (QED) is 0.704. The Morgan fingerprint density at radius 3 is 2.56 bits per heavy atom. The molecule has 0 aliphatic heterocycles. The average Bonchev–Trinajstić information content (AvgIpc) is 2.22. The second kappa shape index (κ2) is 7.29. The van der Waals surface area contributed by atoms with E-state index in [1.54, 1.807) is 0 Å². The minimum atomic E-state index is 0.433. The molecular formula is C14H29NO. The molecule has 0 amide bonds. The minimum absolute atomic E-state index is 0.433. The topological polar surface area (TPSA) is 21.3 Å². The summed E-state index contributed by atoms with van der Waals surface area (Å²) in [7, 11) is 0. The monoisotopic (exact) mass is 227 g/mol. The highest BCUT2D eigenvalue weighted by Crippen LogP contribution is 2.31. The van der Waals surface area contributed by atoms with Crippen molar-refractivity contribution in [3.63, 3.8) is 0 Å². The van der Waals surface area contributed by atoms with Crippen molar-refractivity contribution < 1.29 is 4.74 Å². The smallest absolute Gasteiger partial charge is 0.0753 e. The summed E-state index contributed by atoms with van der Waals surface area (Å²) in [6.07, 6.45) is 5.44. The Morgan fingerprint density at radius 1 is 1.19 bits per heavy atom. The summed E-state index contributed by atoms with van der Waals surface area (Å²) in [4.78, 5) is 0. The van der Waals surface area contributed by atoms with Crippen LogP contribution in [0.5, 0.6) is 0 Å². The maximum atomic E-state index is 6.09. The van der Waals surface area contributed by atoms with Crippen LogP contribution in [0.4, 0.5) is 0 Å². The molecular weight excluding hydrogens is 198 g/mol. The van der Waals surface area contributed by atoms with Gasteiger partial charge in [0.05, 0.1) is 6.10 Å². The number of nitrogens with one attached hydrogen (secondary N) is 1. The van der Waals surface area contributed by atoms with Gasteiger partial charge in [0.15, 0.2) is 0 Å². The van der Waals surface area contributed by atoms with Crippen LogP contribution < -0.4 is 5.32 Å². The summed E-state index contributed by atoms with van der Waals surface area (Å²) in [5.74, 6) is 1.54. The summed E-state index contributed by atoms with van der Waals surface area (Å²) >= 11 is 0. The summed E-state index contributed by atoms with van der Waals surface area (Å²) < 4.78 is 6.09. The van der Waals surface area contributed by atoms with Gasteiger partial charge in [0.2, 0.25) is 0 Å². The molecule has 0 radical (unpaired) electrons. The predicted molar refractivity (Wildman–Crippen MR) is 69.7 cm³/mol. The van der Waals surface area contributed by atoms with Crippen LogP contribution in [-0.4, -0.2) is 25.3 Å². The first-order chi connectivity index (χ1) is 7.69. The zero-order chi connectivity index (χ0) is 12.0. The molecule has 1 rings (SSSR count). The van der Waals surface area contributed by atoms with Gasteiger partial charge in [-0.15, -0.1) is 0 Å². The second-order valence-corrected chi connectivity index (χ2v) is 5.41. The summed E-state index contributed by atoms with van der Waals surface area (Å²) in [5.41, 5.74) is 0. The van der Waals surface area contributed by atoms with E-state index in [2.05, 4.69) is 33.0 Å². The Kier molecular flexibility index (Phi) is 6.37. The van der Waals surface area contributed by atoms with Gasteiger partial charge in [-0.2, -0.15) is 0 Å². The van der Waals surface area contributed by atoms with Crippen molar-refractivity contribution in [3.05, 3.63) is 0 Å². The lowest BCUT2D eigenvalue weighted by molar-refractivity contribution is -0.0382. The molecule has 1 aliphatic carbocycles. The Labute approximate surface area is 101 Å². The standard InChI is InChI=1S/C14H29NO/c1-5-7-8-16-14-12(4)9-11(3)10-13(14)15-6-2/h11-15H,5-10H2,1-4H3. The van der Waals surface area contributed by atoms with E-state index in [9.17, 15) is 0 Å². The summed E-state index contributed by atoms with van der Waals surface area (Å²) in [6, 6.07) is 0.570. The van der Waals surface area contributed by atoms with Crippen molar-refractivity contribution >= 4 is 0 Å². The second-order valence-electron chi connectivity index (χ2n) is 5.41. The number of hydrogen-bond donors (Lipinski definition) is 1. The molecule has 16 heavy (non-hydrogen) atoms. The number of ether oxygens (including phenoxy) is 1. The van der Waals surface area contributed by atoms with E-state index in [0.717, 1.165) is 19.1 Å². The largest absolute Gasteiger partial charge is 0.376 e. The van der Waals surface area contributed by atoms with Crippen LogP contribution in [0.15, 0.2) is 0 Å². The van der Waals surface area contributed by atoms with Crippen LogP contribution in [0.1, 0.15) is 53.4 Å². The van der Waals surface area contributed by atoms with Gasteiger partial charge in [0.25, 0.3) is 0 Å². The molecule has 2 nitrogen and oxygen atoms in total. The van der Waals surface area contributed by atoms with Gasteiger partial charge >= 0.3 is 0 Å². The molecule has 4 unspecified atom stereocenters. The van der Waals surface area contributed by atoms with E-state index >= 15 is 0 Å². The van der Waals surface area contributed by atoms with Crippen LogP contribution in [0.25, 0.3) is 0 Å². The van der Waals surface area contributed by atoms with E-state index in [1.807, 2.05) is 0 Å². The first-order valence-electron chi connectivity index (χ1n) is 7.04. The molecule has 96 valence electrons. The molecule has 0 aromatic rings. The van der Waals surface area contributed by atoms with Crippen molar-refractivity contribution in [2.24, 2.45) is 11.8 Å². The maximum absolute atomic E-state index is 6.09. The van der Waals surface area contributed by atoms with Gasteiger partial charge in [-0.1, -0.05) is 34.1 Å². The number of unbranched alkanes of at least 4 members (excludes halogenated alkanes) is 1. The molecule has 1 aliphatic rings. The third kappa shape index (κ3) is 4.06. The third-order valence-electron chi connectivity index (χ3n) is 3.66. The Balaban J connectivity index is 2.46. The maximum Gasteiger partial charge on any atom is 0.0753 e. The lowest BCUT2D eigenvalue weighted by Gasteiger charge is -2.39. The van der Waals surface area contributed by atoms with E-state index < -0.39 is 0 Å². The van der Waals surface area contributed by atoms with Gasteiger partial charge in [-0.25, -0.2) is 0 Å². The highest BCUT2D eigenvalue weighted by Gasteiger charge is 2.33. The lowest BCUT2D eigenvalue weighted by atomic mass is 9.78. The van der Waals surface area contributed by atoms with Crippen LogP contribution in [0.2, 0.25) is 0 Å². The zero-order valence-corrected chi connectivity index (χ0v) is 11.5. The minimum Gasteiger partial charge on any atom is -0.376 e. The van der Waals surface area contributed by atoms with E-state index in [0.29, 0.717) is 18.1 Å². The van der Waals surface area contributed by atoms with E-state index in [1.165, 1.54) is 25.7 Å². The van der Waals surface area contributed by atoms with Crippen LogP contribution in [-0.2, 0) is 4.74 Å².